The standard InChI is InChI=1S/C20H22N2O3/c23-12-4-11-21-19(24)15-7-9-16(10-8-15)22-20(25)18-13-17(18)14-5-2-1-3-6-14/h1-3,5-10,17-18,23H,4,11-13H2,(H,21,24)(H,22,25). The van der Waals surface area contributed by atoms with Crippen molar-refractivity contribution >= 4 is 17.5 Å². The van der Waals surface area contributed by atoms with Crippen molar-refractivity contribution in [3.8, 4) is 0 Å². The summed E-state index contributed by atoms with van der Waals surface area (Å²) in [5.41, 5.74) is 2.43. The lowest BCUT2D eigenvalue weighted by Gasteiger charge is -2.07. The Morgan fingerprint density at radius 3 is 2.44 bits per heavy atom. The van der Waals surface area contributed by atoms with Crippen LogP contribution in [0.4, 0.5) is 5.69 Å². The number of amides is 2. The van der Waals surface area contributed by atoms with Gasteiger partial charge < -0.3 is 15.7 Å². The van der Waals surface area contributed by atoms with Crippen molar-refractivity contribution in [3.05, 3.63) is 65.7 Å². The fourth-order valence-corrected chi connectivity index (χ4v) is 2.88. The zero-order valence-corrected chi connectivity index (χ0v) is 13.9. The van der Waals surface area contributed by atoms with E-state index in [2.05, 4.69) is 22.8 Å². The van der Waals surface area contributed by atoms with E-state index in [9.17, 15) is 9.59 Å². The maximum absolute atomic E-state index is 12.3. The van der Waals surface area contributed by atoms with Crippen LogP contribution in [-0.4, -0.2) is 30.1 Å². The molecule has 0 aliphatic heterocycles. The normalized spacial score (nSPS) is 18.4. The summed E-state index contributed by atoms with van der Waals surface area (Å²) in [6.45, 7) is 0.493. The van der Waals surface area contributed by atoms with Gasteiger partial charge in [-0.15, -0.1) is 0 Å². The van der Waals surface area contributed by atoms with Gasteiger partial charge >= 0.3 is 0 Å². The molecule has 0 aromatic heterocycles. The van der Waals surface area contributed by atoms with E-state index in [1.165, 1.54) is 5.56 Å². The van der Waals surface area contributed by atoms with Gasteiger partial charge in [0.25, 0.3) is 5.91 Å². The van der Waals surface area contributed by atoms with Gasteiger partial charge in [0.05, 0.1) is 0 Å². The summed E-state index contributed by atoms with van der Waals surface area (Å²) in [4.78, 5) is 24.2. The van der Waals surface area contributed by atoms with Crippen molar-refractivity contribution in [2.45, 2.75) is 18.8 Å². The minimum Gasteiger partial charge on any atom is -0.396 e. The first-order valence-corrected chi connectivity index (χ1v) is 8.54. The molecule has 1 saturated carbocycles. The molecule has 1 aliphatic carbocycles. The van der Waals surface area contributed by atoms with Gasteiger partial charge in [0.1, 0.15) is 0 Å². The summed E-state index contributed by atoms with van der Waals surface area (Å²) in [5.74, 6) is 0.160. The second kappa shape index (κ2) is 7.94. The van der Waals surface area contributed by atoms with Gasteiger partial charge in [0, 0.05) is 30.3 Å². The summed E-state index contributed by atoms with van der Waals surface area (Å²) in [6, 6.07) is 16.9. The van der Waals surface area contributed by atoms with E-state index >= 15 is 0 Å². The van der Waals surface area contributed by atoms with Crippen LogP contribution in [0, 0.1) is 5.92 Å². The molecule has 0 heterocycles. The number of carbonyl (C=O) groups is 2. The lowest BCUT2D eigenvalue weighted by molar-refractivity contribution is -0.117. The van der Waals surface area contributed by atoms with Crippen LogP contribution in [0.2, 0.25) is 0 Å². The first-order chi connectivity index (χ1) is 12.2. The fourth-order valence-electron chi connectivity index (χ4n) is 2.88. The summed E-state index contributed by atoms with van der Waals surface area (Å²) in [6.07, 6.45) is 1.41. The van der Waals surface area contributed by atoms with Crippen molar-refractivity contribution in [2.24, 2.45) is 5.92 Å². The minimum atomic E-state index is -0.183. The van der Waals surface area contributed by atoms with Crippen LogP contribution in [-0.2, 0) is 4.79 Å². The Morgan fingerprint density at radius 2 is 1.76 bits per heavy atom. The van der Waals surface area contributed by atoms with Crippen molar-refractivity contribution in [1.82, 2.24) is 5.32 Å². The lowest BCUT2D eigenvalue weighted by atomic mass is 10.1. The molecule has 3 N–H and O–H groups in total. The van der Waals surface area contributed by atoms with Crippen molar-refractivity contribution in [1.29, 1.82) is 0 Å². The molecule has 0 saturated heterocycles. The number of aliphatic hydroxyl groups excluding tert-OH is 1. The molecule has 2 atom stereocenters. The third-order valence-corrected chi connectivity index (χ3v) is 4.39. The minimum absolute atomic E-state index is 0.0175. The Morgan fingerprint density at radius 1 is 1.04 bits per heavy atom. The highest BCUT2D eigenvalue weighted by atomic mass is 16.3. The Kier molecular flexibility index (Phi) is 5.46. The third-order valence-electron chi connectivity index (χ3n) is 4.39. The molecule has 0 bridgehead atoms. The van der Waals surface area contributed by atoms with Crippen molar-refractivity contribution < 1.29 is 14.7 Å². The number of aliphatic hydroxyl groups is 1. The highest BCUT2D eigenvalue weighted by molar-refractivity contribution is 5.97. The van der Waals surface area contributed by atoms with Gasteiger partial charge in [-0.1, -0.05) is 30.3 Å². The molecule has 130 valence electrons. The smallest absolute Gasteiger partial charge is 0.251 e. The number of benzene rings is 2. The highest BCUT2D eigenvalue weighted by Gasteiger charge is 2.43. The second-order valence-electron chi connectivity index (χ2n) is 6.26. The fraction of sp³-hybridized carbons (Fsp3) is 0.300. The number of hydrogen-bond acceptors (Lipinski definition) is 3. The van der Waals surface area contributed by atoms with Gasteiger partial charge in [-0.3, -0.25) is 9.59 Å². The van der Waals surface area contributed by atoms with Crippen LogP contribution in [0.3, 0.4) is 0 Å². The molecule has 1 aliphatic rings. The molecule has 2 aromatic carbocycles. The zero-order chi connectivity index (χ0) is 17.6. The van der Waals surface area contributed by atoms with Crippen LogP contribution in [0.5, 0.6) is 0 Å². The van der Waals surface area contributed by atoms with Crippen LogP contribution < -0.4 is 10.6 Å². The molecular weight excluding hydrogens is 316 g/mol. The monoisotopic (exact) mass is 338 g/mol. The molecule has 1 fully saturated rings. The predicted octanol–water partition coefficient (Wildman–Crippen LogP) is 2.54. The molecule has 0 radical (unpaired) electrons. The van der Waals surface area contributed by atoms with Gasteiger partial charge in [-0.25, -0.2) is 0 Å². The maximum atomic E-state index is 12.3. The molecule has 3 rings (SSSR count). The van der Waals surface area contributed by atoms with Crippen LogP contribution >= 0.6 is 0 Å². The molecule has 2 unspecified atom stereocenters. The Hall–Kier alpha value is -2.66. The molecule has 2 amide bonds. The molecule has 5 heteroatoms. The van der Waals surface area contributed by atoms with E-state index in [1.807, 2.05) is 18.2 Å². The number of nitrogens with one attached hydrogen (secondary N) is 2. The van der Waals surface area contributed by atoms with E-state index in [0.29, 0.717) is 30.1 Å². The number of anilines is 1. The lowest BCUT2D eigenvalue weighted by Crippen LogP contribution is -2.25. The topological polar surface area (TPSA) is 78.4 Å². The van der Waals surface area contributed by atoms with Gasteiger partial charge in [-0.2, -0.15) is 0 Å². The van der Waals surface area contributed by atoms with Crippen molar-refractivity contribution in [2.75, 3.05) is 18.5 Å². The molecule has 25 heavy (non-hydrogen) atoms. The largest absolute Gasteiger partial charge is 0.396 e. The molecule has 0 spiro atoms. The van der Waals surface area contributed by atoms with Crippen LogP contribution in [0.25, 0.3) is 0 Å². The third kappa shape index (κ3) is 4.45. The van der Waals surface area contributed by atoms with E-state index in [4.69, 9.17) is 5.11 Å². The predicted molar refractivity (Wildman–Crippen MR) is 96.4 cm³/mol. The highest BCUT2D eigenvalue weighted by Crippen LogP contribution is 2.47. The Bertz CT molecular complexity index is 728. The number of rotatable bonds is 7. The number of carbonyl (C=O) groups excluding carboxylic acids is 2. The van der Waals surface area contributed by atoms with Crippen LogP contribution in [0.1, 0.15) is 34.7 Å². The average molecular weight is 338 g/mol. The number of hydrogen-bond donors (Lipinski definition) is 3. The summed E-state index contributed by atoms with van der Waals surface area (Å²) < 4.78 is 0. The molecule has 2 aromatic rings. The summed E-state index contributed by atoms with van der Waals surface area (Å²) in [7, 11) is 0. The van der Waals surface area contributed by atoms with E-state index in [0.717, 1.165) is 6.42 Å². The van der Waals surface area contributed by atoms with Gasteiger partial charge in [-0.05, 0) is 48.6 Å². The first-order valence-electron chi connectivity index (χ1n) is 8.54. The van der Waals surface area contributed by atoms with E-state index in [-0.39, 0.29) is 24.3 Å². The zero-order valence-electron chi connectivity index (χ0n) is 13.9. The first kappa shape index (κ1) is 17.2. The van der Waals surface area contributed by atoms with Crippen LogP contribution in [0.15, 0.2) is 54.6 Å². The Balaban J connectivity index is 1.52. The van der Waals surface area contributed by atoms with E-state index in [1.54, 1.807) is 24.3 Å². The average Bonchev–Trinajstić information content (AvgIpc) is 3.44. The summed E-state index contributed by atoms with van der Waals surface area (Å²) in [5, 5.41) is 14.4. The summed E-state index contributed by atoms with van der Waals surface area (Å²) >= 11 is 0. The quantitative estimate of drug-likeness (QED) is 0.679. The molecular formula is C20H22N2O3. The van der Waals surface area contributed by atoms with E-state index < -0.39 is 0 Å². The second-order valence-corrected chi connectivity index (χ2v) is 6.26. The SMILES string of the molecule is O=C(NCCCO)c1ccc(NC(=O)C2CC2c2ccccc2)cc1. The van der Waals surface area contributed by atoms with Gasteiger partial charge in [0.15, 0.2) is 0 Å². The Labute approximate surface area is 147 Å². The maximum Gasteiger partial charge on any atom is 0.251 e. The van der Waals surface area contributed by atoms with Gasteiger partial charge in [0.2, 0.25) is 5.91 Å². The molecule has 5 nitrogen and oxygen atoms in total. The van der Waals surface area contributed by atoms with Crippen molar-refractivity contribution in [3.63, 3.8) is 0 Å².